The van der Waals surface area contributed by atoms with E-state index < -0.39 is 0 Å². The van der Waals surface area contributed by atoms with E-state index in [1.54, 1.807) is 0 Å². The molecule has 2 aromatic heterocycles. The number of carbonyl (C=O) groups is 1. The van der Waals surface area contributed by atoms with Gasteiger partial charge < -0.3 is 5.32 Å². The van der Waals surface area contributed by atoms with Crippen molar-refractivity contribution >= 4 is 23.3 Å². The van der Waals surface area contributed by atoms with Gasteiger partial charge in [-0.2, -0.15) is 0 Å². The summed E-state index contributed by atoms with van der Waals surface area (Å²) in [7, 11) is 0. The fourth-order valence-corrected chi connectivity index (χ4v) is 3.75. The Hall–Kier alpha value is -1.56. The summed E-state index contributed by atoms with van der Waals surface area (Å²) in [5.74, 6) is 0.743. The summed E-state index contributed by atoms with van der Waals surface area (Å²) < 4.78 is 1.91. The SMILES string of the molecule is C[C@H](Sc1nnc2ccccn12)C(=O)NCC1CCCCC1. The number of nitrogens with one attached hydrogen (secondary N) is 1. The van der Waals surface area contributed by atoms with Crippen LogP contribution in [0.3, 0.4) is 0 Å². The largest absolute Gasteiger partial charge is 0.355 e. The standard InChI is InChI=1S/C16H22N4OS/c1-12(15(21)17-11-13-7-3-2-4-8-13)22-16-19-18-14-9-5-6-10-20(14)16/h5-6,9-10,12-13H,2-4,7-8,11H2,1H3,(H,17,21)/t12-/m0/s1. The van der Waals surface area contributed by atoms with E-state index in [1.807, 2.05) is 35.7 Å². The zero-order chi connectivity index (χ0) is 15.4. The number of aromatic nitrogens is 3. The summed E-state index contributed by atoms with van der Waals surface area (Å²) in [6.07, 6.45) is 8.36. The molecule has 0 aliphatic heterocycles. The highest BCUT2D eigenvalue weighted by Crippen LogP contribution is 2.24. The lowest BCUT2D eigenvalue weighted by atomic mass is 9.89. The van der Waals surface area contributed by atoms with E-state index in [9.17, 15) is 4.79 Å². The van der Waals surface area contributed by atoms with Crippen molar-refractivity contribution in [2.45, 2.75) is 49.4 Å². The molecular weight excluding hydrogens is 296 g/mol. The maximum absolute atomic E-state index is 12.3. The Morgan fingerprint density at radius 3 is 3.00 bits per heavy atom. The third kappa shape index (κ3) is 3.61. The van der Waals surface area contributed by atoms with Crippen LogP contribution in [0.1, 0.15) is 39.0 Å². The quantitative estimate of drug-likeness (QED) is 0.861. The van der Waals surface area contributed by atoms with Gasteiger partial charge in [0.25, 0.3) is 0 Å². The fraction of sp³-hybridized carbons (Fsp3) is 0.562. The van der Waals surface area contributed by atoms with Crippen molar-refractivity contribution in [3.05, 3.63) is 24.4 Å². The van der Waals surface area contributed by atoms with Gasteiger partial charge >= 0.3 is 0 Å². The molecule has 0 aromatic carbocycles. The third-order valence-corrected chi connectivity index (χ3v) is 5.28. The molecule has 0 spiro atoms. The topological polar surface area (TPSA) is 59.3 Å². The van der Waals surface area contributed by atoms with Crippen molar-refractivity contribution in [3.8, 4) is 0 Å². The first-order chi connectivity index (χ1) is 10.7. The van der Waals surface area contributed by atoms with Crippen molar-refractivity contribution in [2.24, 2.45) is 5.92 Å². The van der Waals surface area contributed by atoms with E-state index in [4.69, 9.17) is 0 Å². The minimum atomic E-state index is -0.170. The van der Waals surface area contributed by atoms with Crippen molar-refractivity contribution in [1.82, 2.24) is 19.9 Å². The predicted octanol–water partition coefficient (Wildman–Crippen LogP) is 2.91. The molecule has 1 N–H and O–H groups in total. The first kappa shape index (κ1) is 15.3. The number of hydrogen-bond donors (Lipinski definition) is 1. The third-order valence-electron chi connectivity index (χ3n) is 4.22. The first-order valence-corrected chi connectivity index (χ1v) is 8.86. The van der Waals surface area contributed by atoms with Crippen LogP contribution in [0.15, 0.2) is 29.6 Å². The highest BCUT2D eigenvalue weighted by Gasteiger charge is 2.19. The molecule has 6 heteroatoms. The summed E-state index contributed by atoms with van der Waals surface area (Å²) in [6, 6.07) is 5.78. The number of amides is 1. The van der Waals surface area contributed by atoms with E-state index in [1.165, 1.54) is 43.9 Å². The molecule has 3 rings (SSSR count). The van der Waals surface area contributed by atoms with Gasteiger partial charge in [0, 0.05) is 12.7 Å². The molecule has 2 heterocycles. The van der Waals surface area contributed by atoms with Crippen molar-refractivity contribution in [1.29, 1.82) is 0 Å². The molecule has 5 nitrogen and oxygen atoms in total. The van der Waals surface area contributed by atoms with Gasteiger partial charge in [-0.3, -0.25) is 9.20 Å². The molecule has 1 aliphatic carbocycles. The van der Waals surface area contributed by atoms with Crippen LogP contribution < -0.4 is 5.32 Å². The van der Waals surface area contributed by atoms with Crippen LogP contribution in [0.25, 0.3) is 5.65 Å². The molecule has 2 aromatic rings. The predicted molar refractivity (Wildman–Crippen MR) is 87.9 cm³/mol. The van der Waals surface area contributed by atoms with Gasteiger partial charge in [-0.15, -0.1) is 10.2 Å². The Labute approximate surface area is 134 Å². The molecule has 0 unspecified atom stereocenters. The average Bonchev–Trinajstić information content (AvgIpc) is 2.97. The minimum absolute atomic E-state index is 0.0863. The van der Waals surface area contributed by atoms with Crippen LogP contribution in [-0.2, 0) is 4.79 Å². The molecule has 1 saturated carbocycles. The van der Waals surface area contributed by atoms with Gasteiger partial charge in [-0.25, -0.2) is 0 Å². The molecule has 0 bridgehead atoms. The van der Waals surface area contributed by atoms with Crippen LogP contribution >= 0.6 is 11.8 Å². The second kappa shape index (κ2) is 7.13. The van der Waals surface area contributed by atoms with Crippen LogP contribution in [0.5, 0.6) is 0 Å². The Morgan fingerprint density at radius 1 is 1.36 bits per heavy atom. The Balaban J connectivity index is 1.54. The Kier molecular flexibility index (Phi) is 4.97. The van der Waals surface area contributed by atoms with Crippen LogP contribution in [0.4, 0.5) is 0 Å². The highest BCUT2D eigenvalue weighted by molar-refractivity contribution is 8.00. The lowest BCUT2D eigenvalue weighted by Crippen LogP contribution is -2.35. The van der Waals surface area contributed by atoms with Crippen LogP contribution in [-0.4, -0.2) is 32.3 Å². The van der Waals surface area contributed by atoms with Crippen LogP contribution in [0, 0.1) is 5.92 Å². The number of pyridine rings is 1. The van der Waals surface area contributed by atoms with Gasteiger partial charge in [0.15, 0.2) is 10.8 Å². The van der Waals surface area contributed by atoms with E-state index in [-0.39, 0.29) is 11.2 Å². The van der Waals surface area contributed by atoms with Crippen molar-refractivity contribution in [2.75, 3.05) is 6.54 Å². The van der Waals surface area contributed by atoms with E-state index >= 15 is 0 Å². The smallest absolute Gasteiger partial charge is 0.233 e. The van der Waals surface area contributed by atoms with E-state index in [2.05, 4.69) is 15.5 Å². The lowest BCUT2D eigenvalue weighted by molar-refractivity contribution is -0.120. The zero-order valence-electron chi connectivity index (χ0n) is 12.9. The van der Waals surface area contributed by atoms with Gasteiger partial charge in [-0.05, 0) is 37.8 Å². The normalized spacial score (nSPS) is 17.5. The highest BCUT2D eigenvalue weighted by atomic mass is 32.2. The molecule has 118 valence electrons. The molecule has 1 fully saturated rings. The summed E-state index contributed by atoms with van der Waals surface area (Å²) >= 11 is 1.45. The maximum atomic E-state index is 12.3. The minimum Gasteiger partial charge on any atom is -0.355 e. The summed E-state index contributed by atoms with van der Waals surface area (Å²) in [5, 5.41) is 12.0. The van der Waals surface area contributed by atoms with Crippen LogP contribution in [0.2, 0.25) is 0 Å². The zero-order valence-corrected chi connectivity index (χ0v) is 13.7. The summed E-state index contributed by atoms with van der Waals surface area (Å²) in [6.45, 7) is 2.73. The van der Waals surface area contributed by atoms with Gasteiger partial charge in [0.2, 0.25) is 5.91 Å². The van der Waals surface area contributed by atoms with Gasteiger partial charge in [0.05, 0.1) is 5.25 Å². The van der Waals surface area contributed by atoms with Gasteiger partial charge in [0.1, 0.15) is 0 Å². The number of thioether (sulfide) groups is 1. The first-order valence-electron chi connectivity index (χ1n) is 7.98. The van der Waals surface area contributed by atoms with E-state index in [0.717, 1.165) is 17.3 Å². The van der Waals surface area contributed by atoms with E-state index in [0.29, 0.717) is 5.92 Å². The molecular formula is C16H22N4OS. The maximum Gasteiger partial charge on any atom is 0.233 e. The Bertz CT molecular complexity index is 636. The monoisotopic (exact) mass is 318 g/mol. The molecule has 22 heavy (non-hydrogen) atoms. The molecule has 1 atom stereocenters. The number of carbonyl (C=O) groups excluding carboxylic acids is 1. The average molecular weight is 318 g/mol. The number of rotatable bonds is 5. The fourth-order valence-electron chi connectivity index (χ4n) is 2.89. The number of fused-ring (bicyclic) bond motifs is 1. The summed E-state index contributed by atoms with van der Waals surface area (Å²) in [5.41, 5.74) is 0.805. The van der Waals surface area contributed by atoms with Gasteiger partial charge in [-0.1, -0.05) is 37.1 Å². The molecule has 1 amide bonds. The lowest BCUT2D eigenvalue weighted by Gasteiger charge is -2.22. The second-order valence-electron chi connectivity index (χ2n) is 5.92. The van der Waals surface area contributed by atoms with Crippen molar-refractivity contribution in [3.63, 3.8) is 0 Å². The number of hydrogen-bond acceptors (Lipinski definition) is 4. The second-order valence-corrected chi connectivity index (χ2v) is 7.23. The molecule has 0 saturated heterocycles. The molecule has 1 aliphatic rings. The number of nitrogens with zero attached hydrogens (tertiary/aromatic N) is 3. The summed E-state index contributed by atoms with van der Waals surface area (Å²) in [4.78, 5) is 12.3. The molecule has 0 radical (unpaired) electrons. The Morgan fingerprint density at radius 2 is 2.18 bits per heavy atom. The van der Waals surface area contributed by atoms with Crippen molar-refractivity contribution < 1.29 is 4.79 Å².